The van der Waals surface area contributed by atoms with E-state index in [0.29, 0.717) is 12.0 Å². The van der Waals surface area contributed by atoms with Crippen molar-refractivity contribution < 1.29 is 0 Å². The smallest absolute Gasteiger partial charge is 0.158 e. The predicted octanol–water partition coefficient (Wildman–Crippen LogP) is 2.31. The second kappa shape index (κ2) is 4.93. The molecule has 0 radical (unpaired) electrons. The van der Waals surface area contributed by atoms with Crippen molar-refractivity contribution >= 4 is 5.65 Å². The Hall–Kier alpha value is -1.42. The Morgan fingerprint density at radius 2 is 2.26 bits per heavy atom. The molecule has 3 heterocycles. The molecule has 102 valence electrons. The van der Waals surface area contributed by atoms with Gasteiger partial charge in [-0.25, -0.2) is 9.50 Å². The van der Waals surface area contributed by atoms with Gasteiger partial charge in [-0.1, -0.05) is 6.07 Å². The van der Waals surface area contributed by atoms with Gasteiger partial charge in [0, 0.05) is 25.2 Å². The molecule has 0 bridgehead atoms. The fourth-order valence-electron chi connectivity index (χ4n) is 2.93. The maximum absolute atomic E-state index is 4.68. The highest BCUT2D eigenvalue weighted by atomic mass is 15.3. The summed E-state index contributed by atoms with van der Waals surface area (Å²) < 4.78 is 1.90. The molecule has 1 atom stereocenters. The highest BCUT2D eigenvalue weighted by Gasteiger charge is 2.25. The van der Waals surface area contributed by atoms with Gasteiger partial charge in [0.2, 0.25) is 0 Å². The molecule has 4 heteroatoms. The number of hydrogen-bond acceptors (Lipinski definition) is 3. The molecule has 0 spiro atoms. The van der Waals surface area contributed by atoms with Gasteiger partial charge in [-0.15, -0.1) is 0 Å². The number of hydrogen-bond donors (Lipinski definition) is 0. The van der Waals surface area contributed by atoms with E-state index < -0.39 is 0 Å². The fourth-order valence-corrected chi connectivity index (χ4v) is 2.93. The highest BCUT2D eigenvalue weighted by molar-refractivity contribution is 5.45. The first kappa shape index (κ1) is 12.6. The van der Waals surface area contributed by atoms with Crippen LogP contribution in [0.1, 0.15) is 31.7 Å². The molecule has 1 fully saturated rings. The maximum atomic E-state index is 4.68. The van der Waals surface area contributed by atoms with E-state index in [9.17, 15) is 0 Å². The van der Waals surface area contributed by atoms with E-state index in [4.69, 9.17) is 0 Å². The highest BCUT2D eigenvalue weighted by Crippen LogP contribution is 2.21. The zero-order valence-corrected chi connectivity index (χ0v) is 12.0. The van der Waals surface area contributed by atoms with Crippen molar-refractivity contribution in [1.29, 1.82) is 0 Å². The lowest BCUT2D eigenvalue weighted by atomic mass is 10.1. The number of rotatable bonds is 3. The Morgan fingerprint density at radius 1 is 1.42 bits per heavy atom. The predicted molar refractivity (Wildman–Crippen MR) is 76.2 cm³/mol. The second-order valence-electron chi connectivity index (χ2n) is 5.93. The van der Waals surface area contributed by atoms with Crippen LogP contribution < -0.4 is 0 Å². The summed E-state index contributed by atoms with van der Waals surface area (Å²) in [4.78, 5) is 7.23. The van der Waals surface area contributed by atoms with Crippen molar-refractivity contribution in [3.63, 3.8) is 0 Å². The van der Waals surface area contributed by atoms with Crippen LogP contribution in [-0.4, -0.2) is 38.6 Å². The van der Waals surface area contributed by atoms with Crippen molar-refractivity contribution in [3.8, 4) is 0 Å². The number of nitrogens with zero attached hydrogens (tertiary/aromatic N) is 4. The average molecular weight is 258 g/mol. The normalized spacial score (nSPS) is 20.7. The Bertz CT molecular complexity index is 573. The minimum Gasteiger partial charge on any atom is -0.301 e. The Labute approximate surface area is 114 Å². The number of fused-ring (bicyclic) bond motifs is 1. The van der Waals surface area contributed by atoms with E-state index in [1.54, 1.807) is 0 Å². The Morgan fingerprint density at radius 3 is 2.95 bits per heavy atom. The van der Waals surface area contributed by atoms with Gasteiger partial charge >= 0.3 is 0 Å². The van der Waals surface area contributed by atoms with E-state index in [1.807, 2.05) is 16.8 Å². The zero-order valence-electron chi connectivity index (χ0n) is 12.0. The summed E-state index contributed by atoms with van der Waals surface area (Å²) in [5.74, 6) is 1.70. The van der Waals surface area contributed by atoms with Gasteiger partial charge in [0.25, 0.3) is 0 Å². The van der Waals surface area contributed by atoms with Crippen LogP contribution in [0, 0.1) is 12.8 Å². The Kier molecular flexibility index (Phi) is 3.27. The molecule has 1 aliphatic heterocycles. The summed E-state index contributed by atoms with van der Waals surface area (Å²) in [5, 5.41) is 4.59. The summed E-state index contributed by atoms with van der Waals surface area (Å²) in [7, 11) is 0. The number of aryl methyl sites for hydroxylation is 1. The van der Waals surface area contributed by atoms with Gasteiger partial charge in [-0.2, -0.15) is 5.10 Å². The molecule has 0 aliphatic carbocycles. The van der Waals surface area contributed by atoms with Crippen LogP contribution in [0.25, 0.3) is 5.65 Å². The SMILES string of the molecule is Cc1cccn2nc(CC3CCN(C(C)C)C3)nc12. The third kappa shape index (κ3) is 2.50. The lowest BCUT2D eigenvalue weighted by Crippen LogP contribution is -2.28. The molecule has 2 aromatic rings. The first-order valence-corrected chi connectivity index (χ1v) is 7.18. The molecule has 1 aliphatic rings. The zero-order chi connectivity index (χ0) is 13.4. The topological polar surface area (TPSA) is 33.4 Å². The molecule has 0 N–H and O–H groups in total. The molecule has 0 aromatic carbocycles. The summed E-state index contributed by atoms with van der Waals surface area (Å²) >= 11 is 0. The summed E-state index contributed by atoms with van der Waals surface area (Å²) in [5.41, 5.74) is 2.19. The molecule has 0 saturated carbocycles. The number of pyridine rings is 1. The number of aromatic nitrogens is 3. The van der Waals surface area contributed by atoms with Gasteiger partial charge in [0.1, 0.15) is 0 Å². The first-order chi connectivity index (χ1) is 9.13. The van der Waals surface area contributed by atoms with E-state index in [1.165, 1.54) is 25.1 Å². The van der Waals surface area contributed by atoms with Gasteiger partial charge < -0.3 is 4.90 Å². The first-order valence-electron chi connectivity index (χ1n) is 7.18. The minimum atomic E-state index is 0.654. The fraction of sp³-hybridized carbons (Fsp3) is 0.600. The van der Waals surface area contributed by atoms with E-state index in [0.717, 1.165) is 17.9 Å². The largest absolute Gasteiger partial charge is 0.301 e. The van der Waals surface area contributed by atoms with Crippen molar-refractivity contribution in [2.24, 2.45) is 5.92 Å². The molecule has 3 rings (SSSR count). The van der Waals surface area contributed by atoms with Gasteiger partial charge in [0.05, 0.1) is 0 Å². The van der Waals surface area contributed by atoms with Gasteiger partial charge in [-0.05, 0) is 51.3 Å². The van der Waals surface area contributed by atoms with Crippen LogP contribution >= 0.6 is 0 Å². The van der Waals surface area contributed by atoms with E-state index >= 15 is 0 Å². The van der Waals surface area contributed by atoms with Crippen LogP contribution in [-0.2, 0) is 6.42 Å². The number of likely N-dealkylation sites (tertiary alicyclic amines) is 1. The van der Waals surface area contributed by atoms with Crippen LogP contribution in [0.15, 0.2) is 18.3 Å². The summed E-state index contributed by atoms with van der Waals surface area (Å²) in [6, 6.07) is 4.77. The molecular formula is C15H22N4. The van der Waals surface area contributed by atoms with Crippen molar-refractivity contribution in [2.75, 3.05) is 13.1 Å². The molecule has 19 heavy (non-hydrogen) atoms. The molecule has 4 nitrogen and oxygen atoms in total. The lowest BCUT2D eigenvalue weighted by Gasteiger charge is -2.19. The van der Waals surface area contributed by atoms with Gasteiger partial charge in [-0.3, -0.25) is 0 Å². The van der Waals surface area contributed by atoms with E-state index in [2.05, 4.69) is 41.8 Å². The Balaban J connectivity index is 1.74. The maximum Gasteiger partial charge on any atom is 0.158 e. The van der Waals surface area contributed by atoms with Crippen LogP contribution in [0.5, 0.6) is 0 Å². The second-order valence-corrected chi connectivity index (χ2v) is 5.93. The van der Waals surface area contributed by atoms with Crippen LogP contribution in [0.3, 0.4) is 0 Å². The molecule has 1 unspecified atom stereocenters. The third-order valence-corrected chi connectivity index (χ3v) is 4.12. The van der Waals surface area contributed by atoms with Crippen molar-refractivity contribution in [2.45, 2.75) is 39.7 Å². The van der Waals surface area contributed by atoms with Gasteiger partial charge in [0.15, 0.2) is 11.5 Å². The molecular weight excluding hydrogens is 236 g/mol. The van der Waals surface area contributed by atoms with E-state index in [-0.39, 0.29) is 0 Å². The van der Waals surface area contributed by atoms with Crippen LogP contribution in [0.2, 0.25) is 0 Å². The monoisotopic (exact) mass is 258 g/mol. The summed E-state index contributed by atoms with van der Waals surface area (Å²) in [6.45, 7) is 9.04. The minimum absolute atomic E-state index is 0.654. The molecule has 0 amide bonds. The average Bonchev–Trinajstić information content (AvgIpc) is 2.96. The van der Waals surface area contributed by atoms with Crippen molar-refractivity contribution in [1.82, 2.24) is 19.5 Å². The molecule has 1 saturated heterocycles. The lowest BCUT2D eigenvalue weighted by molar-refractivity contribution is 0.264. The quantitative estimate of drug-likeness (QED) is 0.847. The standard InChI is InChI=1S/C15H22N4/c1-11(2)18-8-6-13(10-18)9-14-16-15-12(3)5-4-7-19(15)17-14/h4-5,7,11,13H,6,8-10H2,1-3H3. The summed E-state index contributed by atoms with van der Waals surface area (Å²) in [6.07, 6.45) is 4.25. The van der Waals surface area contributed by atoms with Crippen LogP contribution in [0.4, 0.5) is 0 Å². The molecule has 2 aromatic heterocycles. The van der Waals surface area contributed by atoms with Crippen molar-refractivity contribution in [3.05, 3.63) is 29.7 Å². The third-order valence-electron chi connectivity index (χ3n) is 4.12.